The molecule has 0 unspecified atom stereocenters. The Balaban J connectivity index is 1.57. The van der Waals surface area contributed by atoms with Crippen LogP contribution in [-0.4, -0.2) is 12.5 Å². The number of amides is 1. The van der Waals surface area contributed by atoms with E-state index < -0.39 is 0 Å². The first-order valence-corrected chi connectivity index (χ1v) is 8.21. The van der Waals surface area contributed by atoms with Crippen LogP contribution in [0, 0.1) is 17.2 Å². The number of benzene rings is 2. The van der Waals surface area contributed by atoms with Crippen molar-refractivity contribution in [1.29, 1.82) is 5.26 Å². The molecule has 2 aromatic carbocycles. The van der Waals surface area contributed by atoms with E-state index in [1.165, 1.54) is 0 Å². The first-order valence-electron chi connectivity index (χ1n) is 7.83. The molecule has 1 atom stereocenters. The van der Waals surface area contributed by atoms with Gasteiger partial charge in [0.25, 0.3) is 5.91 Å². The molecule has 0 heterocycles. The first kappa shape index (κ1) is 16.4. The second kappa shape index (κ2) is 7.37. The summed E-state index contributed by atoms with van der Waals surface area (Å²) in [7, 11) is 0. The van der Waals surface area contributed by atoms with E-state index in [4.69, 9.17) is 21.6 Å². The zero-order valence-corrected chi connectivity index (χ0v) is 13.8. The van der Waals surface area contributed by atoms with Crippen molar-refractivity contribution < 1.29 is 9.53 Å². The lowest BCUT2D eigenvalue weighted by atomic mass is 10.0. The van der Waals surface area contributed by atoms with Crippen molar-refractivity contribution in [2.45, 2.75) is 18.9 Å². The summed E-state index contributed by atoms with van der Waals surface area (Å²) in [6.07, 6.45) is 2.23. The normalized spacial score (nSPS) is 14.5. The van der Waals surface area contributed by atoms with Crippen LogP contribution in [0.4, 0.5) is 0 Å². The van der Waals surface area contributed by atoms with E-state index in [1.807, 2.05) is 30.3 Å². The molecule has 4 nitrogen and oxygen atoms in total. The highest BCUT2D eigenvalue weighted by molar-refractivity contribution is 6.30. The van der Waals surface area contributed by atoms with Crippen LogP contribution in [0.1, 0.15) is 30.0 Å². The largest absolute Gasteiger partial charge is 0.484 e. The Morgan fingerprint density at radius 2 is 1.88 bits per heavy atom. The smallest absolute Gasteiger partial charge is 0.258 e. The Labute approximate surface area is 146 Å². The average molecular weight is 341 g/mol. The van der Waals surface area contributed by atoms with Crippen molar-refractivity contribution >= 4 is 17.5 Å². The van der Waals surface area contributed by atoms with Crippen molar-refractivity contribution in [2.75, 3.05) is 6.61 Å². The minimum atomic E-state index is -0.161. The topological polar surface area (TPSA) is 62.1 Å². The van der Waals surface area contributed by atoms with Crippen LogP contribution in [-0.2, 0) is 4.79 Å². The molecule has 0 aliphatic heterocycles. The molecule has 0 aromatic heterocycles. The van der Waals surface area contributed by atoms with Gasteiger partial charge in [0, 0.05) is 5.02 Å². The zero-order chi connectivity index (χ0) is 16.9. The summed E-state index contributed by atoms with van der Waals surface area (Å²) in [5, 5.41) is 12.5. The number of carbonyl (C=O) groups is 1. The van der Waals surface area contributed by atoms with Crippen LogP contribution < -0.4 is 10.1 Å². The molecule has 24 heavy (non-hydrogen) atoms. The second-order valence-corrected chi connectivity index (χ2v) is 6.30. The predicted octanol–water partition coefficient (Wildman–Crippen LogP) is 3.86. The van der Waals surface area contributed by atoms with E-state index in [9.17, 15) is 4.79 Å². The maximum absolute atomic E-state index is 12.2. The first-order chi connectivity index (χ1) is 11.7. The van der Waals surface area contributed by atoms with Crippen LogP contribution in [0.5, 0.6) is 5.75 Å². The Hall–Kier alpha value is -2.51. The van der Waals surface area contributed by atoms with Gasteiger partial charge in [0.1, 0.15) is 5.75 Å². The fourth-order valence-electron chi connectivity index (χ4n) is 2.56. The summed E-state index contributed by atoms with van der Waals surface area (Å²) in [6.45, 7) is -0.0529. The lowest BCUT2D eigenvalue weighted by Crippen LogP contribution is -2.33. The van der Waals surface area contributed by atoms with Crippen molar-refractivity contribution in [3.63, 3.8) is 0 Å². The maximum atomic E-state index is 12.2. The van der Waals surface area contributed by atoms with E-state index >= 15 is 0 Å². The molecule has 5 heteroatoms. The van der Waals surface area contributed by atoms with Crippen LogP contribution in [0.2, 0.25) is 5.02 Å². The summed E-state index contributed by atoms with van der Waals surface area (Å²) in [5.74, 6) is 0.884. The van der Waals surface area contributed by atoms with Gasteiger partial charge in [-0.25, -0.2) is 0 Å². The van der Waals surface area contributed by atoms with Gasteiger partial charge >= 0.3 is 0 Å². The van der Waals surface area contributed by atoms with Crippen molar-refractivity contribution in [2.24, 2.45) is 5.92 Å². The number of hydrogen-bond donors (Lipinski definition) is 1. The van der Waals surface area contributed by atoms with Crippen molar-refractivity contribution in [3.8, 4) is 11.8 Å². The lowest BCUT2D eigenvalue weighted by Gasteiger charge is -2.19. The van der Waals surface area contributed by atoms with Gasteiger partial charge in [-0.05, 0) is 60.7 Å². The molecule has 3 rings (SSSR count). The standard InChI is InChI=1S/C19H17ClN2O2/c20-16-7-5-15(6-8-16)19(14-3-4-14)22-18(23)12-24-17-9-1-13(11-21)2-10-17/h1-2,5-10,14,19H,3-4,12H2,(H,22,23)/t19-/m0/s1. The van der Waals surface area contributed by atoms with E-state index in [2.05, 4.69) is 5.32 Å². The van der Waals surface area contributed by atoms with Crippen molar-refractivity contribution in [3.05, 3.63) is 64.7 Å². The highest BCUT2D eigenvalue weighted by Gasteiger charge is 2.33. The van der Waals surface area contributed by atoms with Crippen LogP contribution in [0.25, 0.3) is 0 Å². The Morgan fingerprint density at radius 3 is 2.46 bits per heavy atom. The van der Waals surface area contributed by atoms with E-state index in [1.54, 1.807) is 24.3 Å². The Kier molecular flexibility index (Phi) is 5.02. The monoisotopic (exact) mass is 340 g/mol. The Bertz CT molecular complexity index is 746. The minimum absolute atomic E-state index is 0.000619. The van der Waals surface area contributed by atoms with Crippen LogP contribution in [0.15, 0.2) is 48.5 Å². The molecule has 1 amide bonds. The summed E-state index contributed by atoms with van der Waals surface area (Å²) >= 11 is 5.93. The second-order valence-electron chi connectivity index (χ2n) is 5.86. The van der Waals surface area contributed by atoms with Gasteiger partial charge in [-0.15, -0.1) is 0 Å². The lowest BCUT2D eigenvalue weighted by molar-refractivity contribution is -0.124. The number of rotatable bonds is 6. The summed E-state index contributed by atoms with van der Waals surface area (Å²) in [5.41, 5.74) is 1.62. The third-order valence-electron chi connectivity index (χ3n) is 3.99. The molecule has 1 aliphatic rings. The molecular weight excluding hydrogens is 324 g/mol. The molecule has 1 N–H and O–H groups in total. The summed E-state index contributed by atoms with van der Waals surface area (Å²) in [4.78, 5) is 12.2. The fourth-order valence-corrected chi connectivity index (χ4v) is 2.69. The third kappa shape index (κ3) is 4.27. The molecule has 1 fully saturated rings. The fraction of sp³-hybridized carbons (Fsp3) is 0.263. The van der Waals surface area contributed by atoms with Gasteiger partial charge in [-0.1, -0.05) is 23.7 Å². The Morgan fingerprint density at radius 1 is 1.21 bits per heavy atom. The molecule has 0 radical (unpaired) electrons. The zero-order valence-electron chi connectivity index (χ0n) is 13.0. The molecule has 122 valence electrons. The molecular formula is C19H17ClN2O2. The number of hydrogen-bond acceptors (Lipinski definition) is 3. The average Bonchev–Trinajstić information content (AvgIpc) is 3.44. The highest BCUT2D eigenvalue weighted by atomic mass is 35.5. The van der Waals surface area contributed by atoms with Crippen molar-refractivity contribution in [1.82, 2.24) is 5.32 Å². The quantitative estimate of drug-likeness (QED) is 0.868. The minimum Gasteiger partial charge on any atom is -0.484 e. The SMILES string of the molecule is N#Cc1ccc(OCC(=O)N[C@H](c2ccc(Cl)cc2)C2CC2)cc1. The molecule has 1 saturated carbocycles. The highest BCUT2D eigenvalue weighted by Crippen LogP contribution is 2.41. The third-order valence-corrected chi connectivity index (χ3v) is 4.24. The molecule has 1 aliphatic carbocycles. The molecule has 0 saturated heterocycles. The van der Waals surface area contributed by atoms with E-state index in [0.29, 0.717) is 22.3 Å². The maximum Gasteiger partial charge on any atom is 0.258 e. The number of nitrogens with zero attached hydrogens (tertiary/aromatic N) is 1. The number of ether oxygens (including phenoxy) is 1. The van der Waals surface area contributed by atoms with Gasteiger partial charge < -0.3 is 10.1 Å². The van der Waals surface area contributed by atoms with Gasteiger partial charge in [0.15, 0.2) is 6.61 Å². The van der Waals surface area contributed by atoms with Gasteiger partial charge in [-0.2, -0.15) is 5.26 Å². The van der Waals surface area contributed by atoms with E-state index in [-0.39, 0.29) is 18.6 Å². The number of nitrogens with one attached hydrogen (secondary N) is 1. The number of nitriles is 1. The van der Waals surface area contributed by atoms with Gasteiger partial charge in [-0.3, -0.25) is 4.79 Å². The number of halogens is 1. The van der Waals surface area contributed by atoms with Gasteiger partial charge in [0.05, 0.1) is 17.7 Å². The predicted molar refractivity (Wildman–Crippen MR) is 91.7 cm³/mol. The van der Waals surface area contributed by atoms with Crippen LogP contribution >= 0.6 is 11.6 Å². The molecule has 2 aromatic rings. The molecule has 0 spiro atoms. The van der Waals surface area contributed by atoms with Gasteiger partial charge in [0.2, 0.25) is 0 Å². The molecule has 0 bridgehead atoms. The summed E-state index contributed by atoms with van der Waals surface area (Å²) in [6, 6.07) is 16.3. The van der Waals surface area contributed by atoms with E-state index in [0.717, 1.165) is 18.4 Å². The summed E-state index contributed by atoms with van der Waals surface area (Å²) < 4.78 is 5.48. The number of carbonyl (C=O) groups excluding carboxylic acids is 1. The van der Waals surface area contributed by atoms with Crippen LogP contribution in [0.3, 0.4) is 0 Å².